The van der Waals surface area contributed by atoms with E-state index >= 15 is 0 Å². The topological polar surface area (TPSA) is 116 Å². The van der Waals surface area contributed by atoms with Crippen LogP contribution in [-0.2, 0) is 4.79 Å². The Morgan fingerprint density at radius 3 is 2.75 bits per heavy atom. The Balaban J connectivity index is 1.69. The maximum Gasteiger partial charge on any atom is 0.341 e. The normalized spacial score (nSPS) is 11.4. The second-order valence-electron chi connectivity index (χ2n) is 7.66. The number of rotatable bonds is 7. The van der Waals surface area contributed by atoms with Gasteiger partial charge in [-0.15, -0.1) is 0 Å². The average molecular weight is 548 g/mol. The summed E-state index contributed by atoms with van der Waals surface area (Å²) >= 11 is 3.39. The number of nitrogens with zero attached hydrogens (tertiary/aromatic N) is 3. The quantitative estimate of drug-likeness (QED) is 0.287. The summed E-state index contributed by atoms with van der Waals surface area (Å²) in [6, 6.07) is 19.1. The molecule has 0 aliphatic carbocycles. The molecule has 10 heteroatoms. The largest absolute Gasteiger partial charge is 0.496 e. The molecule has 3 aromatic carbocycles. The smallest absolute Gasteiger partial charge is 0.341 e. The first kappa shape index (κ1) is 23.3. The molecule has 0 aliphatic rings. The molecule has 9 nitrogen and oxygen atoms in total. The Morgan fingerprint density at radius 1 is 1.11 bits per heavy atom. The number of hydrogen-bond acceptors (Lipinski definition) is 7. The van der Waals surface area contributed by atoms with E-state index in [9.17, 15) is 9.59 Å². The van der Waals surface area contributed by atoms with Gasteiger partial charge in [-0.3, -0.25) is 4.79 Å². The minimum absolute atomic E-state index is 0.191. The van der Waals surface area contributed by atoms with Crippen LogP contribution < -0.4 is 15.0 Å². The predicted molar refractivity (Wildman–Crippen MR) is 138 cm³/mol. The number of hydrogen-bond donors (Lipinski definition) is 1. The van der Waals surface area contributed by atoms with Gasteiger partial charge in [0, 0.05) is 10.0 Å². The van der Waals surface area contributed by atoms with Crippen LogP contribution in [0, 0.1) is 0 Å². The first-order chi connectivity index (χ1) is 17.4. The Morgan fingerprint density at radius 2 is 1.94 bits per heavy atom. The molecule has 0 spiro atoms. The van der Waals surface area contributed by atoms with E-state index in [2.05, 4.69) is 26.0 Å². The maximum atomic E-state index is 13.5. The number of methoxy groups -OCH3 is 1. The fourth-order valence-electron chi connectivity index (χ4n) is 3.72. The van der Waals surface area contributed by atoms with Crippen molar-refractivity contribution in [3.8, 4) is 23.1 Å². The summed E-state index contributed by atoms with van der Waals surface area (Å²) in [5, 5.41) is 14.5. The molecule has 0 aliphatic heterocycles. The number of furan rings is 1. The summed E-state index contributed by atoms with van der Waals surface area (Å²) in [5.41, 5.74) is 1.12. The van der Waals surface area contributed by atoms with Crippen molar-refractivity contribution >= 4 is 50.0 Å². The molecule has 2 aromatic heterocycles. The van der Waals surface area contributed by atoms with Gasteiger partial charge in [0.1, 0.15) is 17.1 Å². The minimum atomic E-state index is -1.11. The lowest BCUT2D eigenvalue weighted by atomic mass is 10.2. The molecule has 36 heavy (non-hydrogen) atoms. The molecule has 0 saturated carbocycles. The van der Waals surface area contributed by atoms with Crippen LogP contribution in [0.4, 0.5) is 0 Å². The number of carboxylic acid groups (broad SMARTS) is 1. The Labute approximate surface area is 212 Å². The first-order valence-corrected chi connectivity index (χ1v) is 11.5. The Bertz CT molecular complexity index is 1710. The number of carboxylic acids is 1. The molecule has 1 N–H and O–H groups in total. The van der Waals surface area contributed by atoms with Crippen LogP contribution in [0.15, 0.2) is 85.5 Å². The van der Waals surface area contributed by atoms with Gasteiger partial charge in [0.15, 0.2) is 12.4 Å². The zero-order valence-corrected chi connectivity index (χ0v) is 20.4. The van der Waals surface area contributed by atoms with Crippen molar-refractivity contribution in [2.45, 2.75) is 0 Å². The highest BCUT2D eigenvalue weighted by atomic mass is 79.9. The standard InChI is InChI=1S/C26H18BrN3O6/c1-34-21-7-4-8-22-18(21)12-23(36-22)25-29-19-6-3-2-5-17(19)26(33)30(25)28-13-15-11-16(27)9-10-20(15)35-14-24(31)32/h2-13H,14H2,1H3,(H,31,32). The van der Waals surface area contributed by atoms with Crippen molar-refractivity contribution in [2.75, 3.05) is 13.7 Å². The van der Waals surface area contributed by atoms with Crippen molar-refractivity contribution in [1.82, 2.24) is 9.66 Å². The molecule has 5 rings (SSSR count). The van der Waals surface area contributed by atoms with Gasteiger partial charge in [-0.2, -0.15) is 9.78 Å². The lowest BCUT2D eigenvalue weighted by Gasteiger charge is -2.09. The number of carbonyl (C=O) groups is 1. The highest BCUT2D eigenvalue weighted by Gasteiger charge is 2.18. The molecule has 0 unspecified atom stereocenters. The summed E-state index contributed by atoms with van der Waals surface area (Å²) in [4.78, 5) is 29.1. The molecule has 0 saturated heterocycles. The van der Waals surface area contributed by atoms with E-state index in [1.165, 1.54) is 6.21 Å². The molecular formula is C26H18BrN3O6. The number of fused-ring (bicyclic) bond motifs is 2. The van der Waals surface area contributed by atoms with Gasteiger partial charge in [-0.25, -0.2) is 9.78 Å². The molecule has 0 radical (unpaired) electrons. The number of benzene rings is 3. The summed E-state index contributed by atoms with van der Waals surface area (Å²) in [5.74, 6) is 0.317. The van der Waals surface area contributed by atoms with Gasteiger partial charge < -0.3 is 19.0 Å². The van der Waals surface area contributed by atoms with Gasteiger partial charge in [0.25, 0.3) is 5.56 Å². The Hall–Kier alpha value is -4.44. The van der Waals surface area contributed by atoms with Crippen molar-refractivity contribution in [3.05, 3.63) is 87.1 Å². The van der Waals surface area contributed by atoms with E-state index in [0.29, 0.717) is 39.3 Å². The van der Waals surface area contributed by atoms with Crippen LogP contribution >= 0.6 is 15.9 Å². The minimum Gasteiger partial charge on any atom is -0.496 e. The molecule has 0 amide bonds. The van der Waals surface area contributed by atoms with Gasteiger partial charge in [-0.05, 0) is 48.5 Å². The van der Waals surface area contributed by atoms with Crippen molar-refractivity contribution in [3.63, 3.8) is 0 Å². The molecule has 0 atom stereocenters. The zero-order valence-electron chi connectivity index (χ0n) is 18.8. The highest BCUT2D eigenvalue weighted by Crippen LogP contribution is 2.33. The highest BCUT2D eigenvalue weighted by molar-refractivity contribution is 9.10. The predicted octanol–water partition coefficient (Wildman–Crippen LogP) is 4.93. The second kappa shape index (κ2) is 9.67. The van der Waals surface area contributed by atoms with E-state index in [-0.39, 0.29) is 5.82 Å². The van der Waals surface area contributed by atoms with Crippen LogP contribution in [0.3, 0.4) is 0 Å². The zero-order chi connectivity index (χ0) is 25.2. The van der Waals surface area contributed by atoms with E-state index in [0.717, 1.165) is 14.5 Å². The molecule has 5 aromatic rings. The van der Waals surface area contributed by atoms with Gasteiger partial charge in [0.2, 0.25) is 5.82 Å². The molecule has 180 valence electrons. The fraction of sp³-hybridized carbons (Fsp3) is 0.0769. The van der Waals surface area contributed by atoms with Crippen molar-refractivity contribution < 1.29 is 23.8 Å². The van der Waals surface area contributed by atoms with Crippen LogP contribution in [0.5, 0.6) is 11.5 Å². The van der Waals surface area contributed by atoms with Crippen LogP contribution in [0.1, 0.15) is 5.56 Å². The number of aromatic nitrogens is 2. The third kappa shape index (κ3) is 4.46. The van der Waals surface area contributed by atoms with Crippen molar-refractivity contribution in [2.24, 2.45) is 5.10 Å². The number of ether oxygens (including phenoxy) is 2. The SMILES string of the molecule is COc1cccc2oc(-c3nc4ccccc4c(=O)n3N=Cc3cc(Br)ccc3OCC(=O)O)cc12. The molecule has 0 fully saturated rings. The van der Waals surface area contributed by atoms with E-state index in [1.54, 1.807) is 67.8 Å². The average Bonchev–Trinajstić information content (AvgIpc) is 3.32. The number of halogens is 1. The molecule has 0 bridgehead atoms. The van der Waals surface area contributed by atoms with Gasteiger partial charge >= 0.3 is 5.97 Å². The van der Waals surface area contributed by atoms with E-state index in [4.69, 9.17) is 19.0 Å². The summed E-state index contributed by atoms with van der Waals surface area (Å²) < 4.78 is 18.7. The van der Waals surface area contributed by atoms with Gasteiger partial charge in [-0.1, -0.05) is 34.1 Å². The van der Waals surface area contributed by atoms with E-state index < -0.39 is 18.1 Å². The van der Waals surface area contributed by atoms with Crippen LogP contribution in [0.2, 0.25) is 0 Å². The number of para-hydroxylation sites is 1. The van der Waals surface area contributed by atoms with Gasteiger partial charge in [0.05, 0.1) is 29.6 Å². The maximum absolute atomic E-state index is 13.5. The van der Waals surface area contributed by atoms with E-state index in [1.807, 2.05) is 6.07 Å². The summed E-state index contributed by atoms with van der Waals surface area (Å²) in [6.07, 6.45) is 1.41. The monoisotopic (exact) mass is 547 g/mol. The van der Waals surface area contributed by atoms with Crippen LogP contribution in [-0.4, -0.2) is 40.7 Å². The summed E-state index contributed by atoms with van der Waals surface area (Å²) in [6.45, 7) is -0.522. The summed E-state index contributed by atoms with van der Waals surface area (Å²) in [7, 11) is 1.57. The lowest BCUT2D eigenvalue weighted by Crippen LogP contribution is -2.20. The first-order valence-electron chi connectivity index (χ1n) is 10.7. The molecular weight excluding hydrogens is 530 g/mol. The molecule has 2 heterocycles. The lowest BCUT2D eigenvalue weighted by molar-refractivity contribution is -0.139. The van der Waals surface area contributed by atoms with Crippen molar-refractivity contribution in [1.29, 1.82) is 0 Å². The third-order valence-electron chi connectivity index (χ3n) is 5.35. The fourth-order valence-corrected chi connectivity index (χ4v) is 4.10. The van der Waals surface area contributed by atoms with Crippen LogP contribution in [0.25, 0.3) is 33.5 Å². The number of aliphatic carboxylic acids is 1. The third-order valence-corrected chi connectivity index (χ3v) is 5.84. The second-order valence-corrected chi connectivity index (χ2v) is 8.58. The Kier molecular flexibility index (Phi) is 6.26.